The van der Waals surface area contributed by atoms with Gasteiger partial charge in [-0.15, -0.1) is 0 Å². The maximum Gasteiger partial charge on any atom is 0.410 e. The first-order valence-electron chi connectivity index (χ1n) is 8.71. The van der Waals surface area contributed by atoms with E-state index in [0.29, 0.717) is 25.1 Å². The summed E-state index contributed by atoms with van der Waals surface area (Å²) in [6, 6.07) is 5.13. The van der Waals surface area contributed by atoms with E-state index in [-0.39, 0.29) is 43.7 Å². The highest BCUT2D eigenvalue weighted by Gasteiger charge is 2.30. The number of methoxy groups -OCH3 is 1. The molecule has 0 aliphatic carbocycles. The van der Waals surface area contributed by atoms with Gasteiger partial charge in [0.05, 0.1) is 18.0 Å². The second kappa shape index (κ2) is 8.24. The maximum absolute atomic E-state index is 12.6. The van der Waals surface area contributed by atoms with Gasteiger partial charge in [-0.1, -0.05) is 12.1 Å². The van der Waals surface area contributed by atoms with Gasteiger partial charge >= 0.3 is 6.09 Å². The van der Waals surface area contributed by atoms with Crippen LogP contribution < -0.4 is 4.72 Å². The summed E-state index contributed by atoms with van der Waals surface area (Å²) in [4.78, 5) is 27.2. The molecule has 0 saturated carbocycles. The summed E-state index contributed by atoms with van der Waals surface area (Å²) in [6.45, 7) is 1.72. The summed E-state index contributed by atoms with van der Waals surface area (Å²) in [6.07, 6.45) is 0.0683. The lowest BCUT2D eigenvalue weighted by atomic mass is 10.00. The van der Waals surface area contributed by atoms with Crippen molar-refractivity contribution in [2.75, 3.05) is 46.5 Å². The zero-order valence-corrected chi connectivity index (χ0v) is 16.0. The second-order valence-corrected chi connectivity index (χ2v) is 8.12. The fourth-order valence-corrected chi connectivity index (χ4v) is 4.49. The number of amides is 2. The number of carbonyl (C=O) groups is 2. The van der Waals surface area contributed by atoms with Crippen molar-refractivity contribution in [1.82, 2.24) is 14.5 Å². The first-order valence-corrected chi connectivity index (χ1v) is 10.2. The van der Waals surface area contributed by atoms with Crippen molar-refractivity contribution in [3.63, 3.8) is 0 Å². The van der Waals surface area contributed by atoms with Crippen LogP contribution in [0.3, 0.4) is 0 Å². The number of ether oxygens (including phenoxy) is 2. The molecule has 0 bridgehead atoms. The lowest BCUT2D eigenvalue weighted by Crippen LogP contribution is -2.43. The van der Waals surface area contributed by atoms with E-state index in [0.717, 1.165) is 5.56 Å². The molecule has 0 atom stereocenters. The molecule has 0 aromatic heterocycles. The number of carbonyl (C=O) groups excluding carboxylic acids is 2. The van der Waals surface area contributed by atoms with E-state index in [1.807, 2.05) is 6.07 Å². The van der Waals surface area contributed by atoms with E-state index in [9.17, 15) is 18.0 Å². The third kappa shape index (κ3) is 4.40. The molecule has 2 aliphatic rings. The Kier molecular flexibility index (Phi) is 5.98. The number of sulfonamides is 1. The molecule has 27 heavy (non-hydrogen) atoms. The van der Waals surface area contributed by atoms with Crippen LogP contribution in [0.5, 0.6) is 0 Å². The van der Waals surface area contributed by atoms with Crippen LogP contribution >= 0.6 is 0 Å². The van der Waals surface area contributed by atoms with E-state index in [1.165, 1.54) is 12.0 Å². The lowest BCUT2D eigenvalue weighted by Gasteiger charge is -2.31. The molecule has 1 aromatic carbocycles. The number of hydrogen-bond acceptors (Lipinski definition) is 6. The van der Waals surface area contributed by atoms with Crippen LogP contribution in [0.4, 0.5) is 4.79 Å². The highest BCUT2D eigenvalue weighted by Crippen LogP contribution is 2.26. The average Bonchev–Trinajstić information content (AvgIpc) is 3.05. The standard InChI is InChI=1S/C17H23N3O6S/c1-25-9-6-18-27(23,24)15-4-2-3-13-5-7-19(11-14(13)15)16(21)12-20-8-10-26-17(20)22/h2-4,18H,5-12H2,1H3. The van der Waals surface area contributed by atoms with E-state index < -0.39 is 16.1 Å². The first-order chi connectivity index (χ1) is 12.9. The molecule has 2 heterocycles. The van der Waals surface area contributed by atoms with Crippen molar-refractivity contribution < 1.29 is 27.5 Å². The van der Waals surface area contributed by atoms with Gasteiger partial charge in [0.2, 0.25) is 15.9 Å². The van der Waals surface area contributed by atoms with Crippen LogP contribution in [-0.2, 0) is 37.3 Å². The summed E-state index contributed by atoms with van der Waals surface area (Å²) in [5.41, 5.74) is 1.53. The molecule has 10 heteroatoms. The maximum atomic E-state index is 12.6. The quantitative estimate of drug-likeness (QED) is 0.647. The van der Waals surface area contributed by atoms with Crippen molar-refractivity contribution in [2.45, 2.75) is 17.9 Å². The molecular formula is C17H23N3O6S. The minimum absolute atomic E-state index is 0.0603. The van der Waals surface area contributed by atoms with Gasteiger partial charge in [-0.25, -0.2) is 17.9 Å². The summed E-state index contributed by atoms with van der Waals surface area (Å²) in [5.74, 6) is -0.223. The van der Waals surface area contributed by atoms with Gasteiger partial charge in [0.25, 0.3) is 0 Å². The molecule has 1 aromatic rings. The zero-order valence-electron chi connectivity index (χ0n) is 15.1. The Morgan fingerprint density at radius 2 is 2.15 bits per heavy atom. The van der Waals surface area contributed by atoms with E-state index in [1.54, 1.807) is 17.0 Å². The van der Waals surface area contributed by atoms with Crippen LogP contribution in [0.15, 0.2) is 23.1 Å². The smallest absolute Gasteiger partial charge is 0.410 e. The topological polar surface area (TPSA) is 105 Å². The number of rotatable bonds is 7. The molecule has 3 rings (SSSR count). The van der Waals surface area contributed by atoms with Gasteiger partial charge in [0.15, 0.2) is 0 Å². The number of hydrogen-bond donors (Lipinski definition) is 1. The van der Waals surface area contributed by atoms with Crippen LogP contribution in [0.25, 0.3) is 0 Å². The summed E-state index contributed by atoms with van der Waals surface area (Å²) < 4.78 is 37.5. The van der Waals surface area contributed by atoms with Crippen molar-refractivity contribution >= 4 is 22.0 Å². The predicted octanol–water partition coefficient (Wildman–Crippen LogP) is -0.0518. The van der Waals surface area contributed by atoms with Gasteiger partial charge < -0.3 is 14.4 Å². The van der Waals surface area contributed by atoms with Crippen LogP contribution in [0.1, 0.15) is 11.1 Å². The van der Waals surface area contributed by atoms with Crippen LogP contribution in [0, 0.1) is 0 Å². The fourth-order valence-electron chi connectivity index (χ4n) is 3.20. The van der Waals surface area contributed by atoms with Crippen LogP contribution in [-0.4, -0.2) is 76.7 Å². The minimum Gasteiger partial charge on any atom is -0.448 e. The highest BCUT2D eigenvalue weighted by molar-refractivity contribution is 7.89. The summed E-state index contributed by atoms with van der Waals surface area (Å²) >= 11 is 0. The highest BCUT2D eigenvalue weighted by atomic mass is 32.2. The SMILES string of the molecule is COCCNS(=O)(=O)c1cccc2c1CN(C(=O)CN1CCOC1=O)CC2. The molecule has 2 aliphatic heterocycles. The Bertz CT molecular complexity index is 826. The first kappa shape index (κ1) is 19.6. The fraction of sp³-hybridized carbons (Fsp3) is 0.529. The van der Waals surface area contributed by atoms with Crippen molar-refractivity contribution in [2.24, 2.45) is 0 Å². The Morgan fingerprint density at radius 1 is 1.33 bits per heavy atom. The van der Waals surface area contributed by atoms with E-state index >= 15 is 0 Å². The summed E-state index contributed by atoms with van der Waals surface area (Å²) in [5, 5.41) is 0. The normalized spacial score (nSPS) is 17.0. The van der Waals surface area contributed by atoms with Gasteiger partial charge in [0, 0.05) is 26.7 Å². The largest absolute Gasteiger partial charge is 0.448 e. The Morgan fingerprint density at radius 3 is 2.85 bits per heavy atom. The Labute approximate surface area is 158 Å². The molecule has 0 unspecified atom stereocenters. The van der Waals surface area contributed by atoms with Gasteiger partial charge in [-0.2, -0.15) is 0 Å². The lowest BCUT2D eigenvalue weighted by molar-refractivity contribution is -0.132. The monoisotopic (exact) mass is 397 g/mol. The second-order valence-electron chi connectivity index (χ2n) is 6.39. The van der Waals surface area contributed by atoms with Crippen molar-refractivity contribution in [3.8, 4) is 0 Å². The zero-order chi connectivity index (χ0) is 19.4. The number of nitrogens with one attached hydrogen (secondary N) is 1. The van der Waals surface area contributed by atoms with E-state index in [4.69, 9.17) is 9.47 Å². The summed E-state index contributed by atoms with van der Waals surface area (Å²) in [7, 11) is -2.21. The number of benzene rings is 1. The predicted molar refractivity (Wildman–Crippen MR) is 95.5 cm³/mol. The molecule has 9 nitrogen and oxygen atoms in total. The Hall–Kier alpha value is -2.17. The van der Waals surface area contributed by atoms with Crippen molar-refractivity contribution in [3.05, 3.63) is 29.3 Å². The van der Waals surface area contributed by atoms with Gasteiger partial charge in [-0.3, -0.25) is 9.69 Å². The molecule has 1 saturated heterocycles. The molecule has 148 valence electrons. The molecule has 0 radical (unpaired) electrons. The van der Waals surface area contributed by atoms with Gasteiger partial charge in [-0.05, 0) is 23.6 Å². The molecule has 1 N–H and O–H groups in total. The molecular weight excluding hydrogens is 374 g/mol. The molecule has 1 fully saturated rings. The van der Waals surface area contributed by atoms with E-state index in [2.05, 4.69) is 4.72 Å². The van der Waals surface area contributed by atoms with Crippen LogP contribution in [0.2, 0.25) is 0 Å². The third-order valence-corrected chi connectivity index (χ3v) is 6.19. The number of cyclic esters (lactones) is 1. The molecule has 0 spiro atoms. The third-order valence-electron chi connectivity index (χ3n) is 4.64. The molecule has 2 amide bonds. The van der Waals surface area contributed by atoms with Gasteiger partial charge in [0.1, 0.15) is 13.2 Å². The number of nitrogens with zero attached hydrogens (tertiary/aromatic N) is 2. The average molecular weight is 397 g/mol. The number of fused-ring (bicyclic) bond motifs is 1. The minimum atomic E-state index is -3.71. The Balaban J connectivity index is 1.76. The van der Waals surface area contributed by atoms with Crippen molar-refractivity contribution in [1.29, 1.82) is 0 Å².